The van der Waals surface area contributed by atoms with Gasteiger partial charge in [-0.3, -0.25) is 0 Å². The molecule has 4 unspecified atom stereocenters. The number of fused-ring (bicyclic) bond motifs is 1. The van der Waals surface area contributed by atoms with E-state index in [9.17, 15) is 10.2 Å². The van der Waals surface area contributed by atoms with Gasteiger partial charge in [0, 0.05) is 10.5 Å². The molecule has 1 aromatic carbocycles. The normalized spacial score (nSPS) is 39.1. The van der Waals surface area contributed by atoms with Crippen LogP contribution in [0.25, 0.3) is 10.4 Å². The summed E-state index contributed by atoms with van der Waals surface area (Å²) in [6.45, 7) is 0.168. The maximum absolute atomic E-state index is 10.2. The quantitative estimate of drug-likeness (QED) is 0.476. The van der Waals surface area contributed by atoms with Gasteiger partial charge in [-0.1, -0.05) is 35.4 Å². The van der Waals surface area contributed by atoms with Gasteiger partial charge in [-0.25, -0.2) is 0 Å². The first-order valence-corrected chi connectivity index (χ1v) is 6.58. The van der Waals surface area contributed by atoms with Gasteiger partial charge in [-0.2, -0.15) is 0 Å². The Bertz CT molecular complexity index is 536. The SMILES string of the molecule is [N-]=[N+]=NC1C(O)OC2COC(c3ccccc3)O[C@@H]2[C@@H]1O. The molecule has 112 valence electrons. The predicted octanol–water partition coefficient (Wildman–Crippen LogP) is 0.858. The predicted molar refractivity (Wildman–Crippen MR) is 69.8 cm³/mol. The monoisotopic (exact) mass is 293 g/mol. The minimum Gasteiger partial charge on any atom is -0.390 e. The van der Waals surface area contributed by atoms with E-state index in [-0.39, 0.29) is 6.61 Å². The highest BCUT2D eigenvalue weighted by molar-refractivity contribution is 5.16. The number of aliphatic hydroxyl groups excluding tert-OH is 2. The van der Waals surface area contributed by atoms with Crippen molar-refractivity contribution in [1.29, 1.82) is 0 Å². The Hall–Kier alpha value is -1.67. The third-order valence-electron chi connectivity index (χ3n) is 3.61. The van der Waals surface area contributed by atoms with Crippen molar-refractivity contribution >= 4 is 0 Å². The first-order chi connectivity index (χ1) is 10.2. The van der Waals surface area contributed by atoms with Crippen LogP contribution in [-0.4, -0.2) is 47.5 Å². The zero-order valence-electron chi connectivity index (χ0n) is 11.0. The number of nitrogens with zero attached hydrogens (tertiary/aromatic N) is 3. The zero-order chi connectivity index (χ0) is 14.8. The molecule has 8 nitrogen and oxygen atoms in total. The van der Waals surface area contributed by atoms with Gasteiger partial charge in [-0.05, 0) is 5.53 Å². The maximum atomic E-state index is 10.2. The van der Waals surface area contributed by atoms with E-state index in [1.165, 1.54) is 0 Å². The molecule has 2 saturated heterocycles. The van der Waals surface area contributed by atoms with Crippen LogP contribution in [0.3, 0.4) is 0 Å². The van der Waals surface area contributed by atoms with E-state index in [0.717, 1.165) is 5.56 Å². The smallest absolute Gasteiger partial charge is 0.184 e. The molecule has 2 N–H and O–H groups in total. The van der Waals surface area contributed by atoms with Crippen molar-refractivity contribution in [3.8, 4) is 0 Å². The molecule has 0 aromatic heterocycles. The Morgan fingerprint density at radius 2 is 1.95 bits per heavy atom. The summed E-state index contributed by atoms with van der Waals surface area (Å²) < 4.78 is 16.6. The third kappa shape index (κ3) is 2.73. The van der Waals surface area contributed by atoms with Crippen LogP contribution in [0.4, 0.5) is 0 Å². The molecule has 0 amide bonds. The molecule has 2 aliphatic rings. The van der Waals surface area contributed by atoms with E-state index in [1.54, 1.807) is 0 Å². The lowest BCUT2D eigenvalue weighted by Gasteiger charge is -2.45. The summed E-state index contributed by atoms with van der Waals surface area (Å²) in [5.74, 6) is 0. The first kappa shape index (κ1) is 14.3. The van der Waals surface area contributed by atoms with Gasteiger partial charge in [0.1, 0.15) is 18.2 Å². The van der Waals surface area contributed by atoms with Crippen molar-refractivity contribution < 1.29 is 24.4 Å². The average molecular weight is 293 g/mol. The fourth-order valence-electron chi connectivity index (χ4n) is 2.56. The van der Waals surface area contributed by atoms with Gasteiger partial charge in [0.25, 0.3) is 0 Å². The molecule has 0 saturated carbocycles. The van der Waals surface area contributed by atoms with Gasteiger partial charge >= 0.3 is 0 Å². The Kier molecular flexibility index (Phi) is 4.07. The second-order valence-corrected chi connectivity index (χ2v) is 4.93. The summed E-state index contributed by atoms with van der Waals surface area (Å²) in [4.78, 5) is 2.61. The molecule has 6 atom stereocenters. The van der Waals surface area contributed by atoms with Crippen LogP contribution in [-0.2, 0) is 14.2 Å². The lowest BCUT2D eigenvalue weighted by molar-refractivity contribution is -0.335. The molecule has 3 rings (SSSR count). The van der Waals surface area contributed by atoms with Crippen LogP contribution >= 0.6 is 0 Å². The first-order valence-electron chi connectivity index (χ1n) is 6.58. The minimum absolute atomic E-state index is 0.168. The van der Waals surface area contributed by atoms with Gasteiger partial charge in [0.05, 0.1) is 12.7 Å². The molecule has 0 aliphatic carbocycles. The summed E-state index contributed by atoms with van der Waals surface area (Å²) >= 11 is 0. The van der Waals surface area contributed by atoms with E-state index in [2.05, 4.69) is 10.0 Å². The lowest BCUT2D eigenvalue weighted by Crippen LogP contribution is -2.61. The van der Waals surface area contributed by atoms with Gasteiger partial charge in [0.15, 0.2) is 12.6 Å². The Labute approximate surface area is 120 Å². The molecule has 1 aromatic rings. The summed E-state index contributed by atoms with van der Waals surface area (Å²) in [5, 5.41) is 23.3. The molecule has 2 heterocycles. The minimum atomic E-state index is -1.38. The van der Waals surface area contributed by atoms with Crippen LogP contribution in [0.2, 0.25) is 0 Å². The van der Waals surface area contributed by atoms with Crippen molar-refractivity contribution in [2.45, 2.75) is 36.9 Å². The maximum Gasteiger partial charge on any atom is 0.184 e. The number of benzene rings is 1. The summed E-state index contributed by atoms with van der Waals surface area (Å²) in [5.41, 5.74) is 9.31. The number of hydrogen-bond donors (Lipinski definition) is 2. The molecule has 8 heteroatoms. The van der Waals surface area contributed by atoms with Crippen molar-refractivity contribution in [3.63, 3.8) is 0 Å². The van der Waals surface area contributed by atoms with E-state index < -0.39 is 36.9 Å². The summed E-state index contributed by atoms with van der Waals surface area (Å²) in [7, 11) is 0. The van der Waals surface area contributed by atoms with Crippen molar-refractivity contribution in [2.75, 3.05) is 6.61 Å². The highest BCUT2D eigenvalue weighted by Gasteiger charge is 2.48. The molecule has 0 radical (unpaired) electrons. The highest BCUT2D eigenvalue weighted by atomic mass is 16.7. The number of rotatable bonds is 2. The second-order valence-electron chi connectivity index (χ2n) is 4.93. The second kappa shape index (κ2) is 5.98. The Balaban J connectivity index is 1.78. The van der Waals surface area contributed by atoms with Gasteiger partial charge in [0.2, 0.25) is 0 Å². The fraction of sp³-hybridized carbons (Fsp3) is 0.538. The van der Waals surface area contributed by atoms with Crippen LogP contribution < -0.4 is 0 Å². The summed E-state index contributed by atoms with van der Waals surface area (Å²) in [6.07, 6.45) is -4.52. The molecular formula is C13H15N3O5. The van der Waals surface area contributed by atoms with E-state index in [0.29, 0.717) is 0 Å². The zero-order valence-corrected chi connectivity index (χ0v) is 11.0. The van der Waals surface area contributed by atoms with Crippen molar-refractivity contribution in [1.82, 2.24) is 0 Å². The molecule has 2 aliphatic heterocycles. The summed E-state index contributed by atoms with van der Waals surface area (Å²) in [6, 6.07) is 8.18. The van der Waals surface area contributed by atoms with E-state index in [4.69, 9.17) is 19.7 Å². The molecule has 2 fully saturated rings. The van der Waals surface area contributed by atoms with E-state index in [1.807, 2.05) is 30.3 Å². The topological polar surface area (TPSA) is 117 Å². The molecular weight excluding hydrogens is 278 g/mol. The highest BCUT2D eigenvalue weighted by Crippen LogP contribution is 2.34. The van der Waals surface area contributed by atoms with Crippen LogP contribution in [0, 0.1) is 0 Å². The Morgan fingerprint density at radius 1 is 1.19 bits per heavy atom. The number of aliphatic hydroxyl groups is 2. The van der Waals surface area contributed by atoms with Crippen LogP contribution in [0.5, 0.6) is 0 Å². The number of ether oxygens (including phenoxy) is 3. The molecule has 21 heavy (non-hydrogen) atoms. The average Bonchev–Trinajstić information content (AvgIpc) is 2.52. The van der Waals surface area contributed by atoms with Gasteiger partial charge < -0.3 is 24.4 Å². The third-order valence-corrected chi connectivity index (χ3v) is 3.61. The van der Waals surface area contributed by atoms with Gasteiger partial charge in [-0.15, -0.1) is 0 Å². The van der Waals surface area contributed by atoms with Crippen molar-refractivity contribution in [2.24, 2.45) is 5.11 Å². The van der Waals surface area contributed by atoms with Crippen LogP contribution in [0.15, 0.2) is 35.4 Å². The fourth-order valence-corrected chi connectivity index (χ4v) is 2.56. The standard InChI is InChI=1S/C13H15N3O5/c14-16-15-9-10(17)11-8(20-12(9)18)6-19-13(21-11)7-4-2-1-3-5-7/h1-5,8-13,17-18H,6H2/t8?,9?,10-,11+,12?,13?/m1/s1. The Morgan fingerprint density at radius 3 is 2.67 bits per heavy atom. The van der Waals surface area contributed by atoms with Crippen molar-refractivity contribution in [3.05, 3.63) is 46.3 Å². The van der Waals surface area contributed by atoms with E-state index >= 15 is 0 Å². The number of hydrogen-bond acceptors (Lipinski definition) is 6. The number of azide groups is 1. The molecule has 0 bridgehead atoms. The molecule has 0 spiro atoms. The largest absolute Gasteiger partial charge is 0.390 e. The lowest BCUT2D eigenvalue weighted by atomic mass is 9.96. The van der Waals surface area contributed by atoms with Crippen LogP contribution in [0.1, 0.15) is 11.9 Å².